The lowest BCUT2D eigenvalue weighted by Gasteiger charge is -2.26. The zero-order chi connectivity index (χ0) is 12.5. The summed E-state index contributed by atoms with van der Waals surface area (Å²) >= 11 is 0. The summed E-state index contributed by atoms with van der Waals surface area (Å²) < 4.78 is 0. The Balaban J connectivity index is 2.14. The molecular weight excluding hydrogens is 212 g/mol. The summed E-state index contributed by atoms with van der Waals surface area (Å²) in [6.07, 6.45) is 6.51. The molecule has 0 N–H and O–H groups in total. The van der Waals surface area contributed by atoms with Gasteiger partial charge in [-0.05, 0) is 13.8 Å². The van der Waals surface area contributed by atoms with Crippen LogP contribution in [0.4, 0.5) is 0 Å². The summed E-state index contributed by atoms with van der Waals surface area (Å²) in [5, 5.41) is 0. The smallest absolute Gasteiger partial charge is 0.123 e. The van der Waals surface area contributed by atoms with Crippen molar-refractivity contribution in [3.05, 3.63) is 0 Å². The molecule has 0 saturated carbocycles. The number of nitrogens with zero attached hydrogens (tertiary/aromatic N) is 4. The van der Waals surface area contributed by atoms with E-state index in [1.807, 2.05) is 12.4 Å². The second-order valence-electron chi connectivity index (χ2n) is 5.17. The van der Waals surface area contributed by atoms with Gasteiger partial charge >= 0.3 is 0 Å². The van der Waals surface area contributed by atoms with Crippen LogP contribution in [0.3, 0.4) is 0 Å². The Morgan fingerprint density at radius 2 is 1.29 bits per heavy atom. The lowest BCUT2D eigenvalue weighted by Crippen LogP contribution is -2.35. The Kier molecular flexibility index (Phi) is 2.98. The second kappa shape index (κ2) is 4.17. The number of aliphatic imine (C=N–C) groups is 4. The molecule has 2 rings (SSSR count). The van der Waals surface area contributed by atoms with Crippen molar-refractivity contribution in [1.82, 2.24) is 0 Å². The predicted molar refractivity (Wildman–Crippen MR) is 73.9 cm³/mol. The first-order valence-corrected chi connectivity index (χ1v) is 6.26. The summed E-state index contributed by atoms with van der Waals surface area (Å²) in [6.45, 7) is 8.37. The molecule has 92 valence electrons. The Morgan fingerprint density at radius 1 is 0.882 bits per heavy atom. The Hall–Kier alpha value is -1.32. The highest BCUT2D eigenvalue weighted by Gasteiger charge is 2.37. The van der Waals surface area contributed by atoms with Crippen molar-refractivity contribution in [2.45, 2.75) is 58.0 Å². The minimum Gasteiger partial charge on any atom is -0.258 e. The van der Waals surface area contributed by atoms with Gasteiger partial charge in [0, 0.05) is 31.7 Å². The van der Waals surface area contributed by atoms with Gasteiger partial charge in [-0.25, -0.2) is 9.98 Å². The first-order chi connectivity index (χ1) is 7.99. The van der Waals surface area contributed by atoms with Gasteiger partial charge in [-0.3, -0.25) is 9.98 Å². The molecule has 2 aliphatic rings. The molecule has 0 amide bonds. The van der Waals surface area contributed by atoms with Crippen LogP contribution < -0.4 is 0 Å². The molecule has 0 radical (unpaired) electrons. The maximum atomic E-state index is 4.66. The monoisotopic (exact) mass is 232 g/mol. The van der Waals surface area contributed by atoms with Crippen LogP contribution in [-0.2, 0) is 0 Å². The van der Waals surface area contributed by atoms with E-state index in [0.29, 0.717) is 0 Å². The van der Waals surface area contributed by atoms with Gasteiger partial charge in [0.25, 0.3) is 0 Å². The molecule has 2 aliphatic heterocycles. The van der Waals surface area contributed by atoms with E-state index in [9.17, 15) is 0 Å². The first kappa shape index (κ1) is 12.1. The molecule has 0 bridgehead atoms. The highest BCUT2D eigenvalue weighted by molar-refractivity contribution is 6.00. The van der Waals surface area contributed by atoms with Crippen molar-refractivity contribution in [2.75, 3.05) is 0 Å². The highest BCUT2D eigenvalue weighted by atomic mass is 15.1. The average Bonchev–Trinajstić information content (AvgIpc) is 2.82. The third-order valence-electron chi connectivity index (χ3n) is 3.10. The molecule has 4 nitrogen and oxygen atoms in total. The van der Waals surface area contributed by atoms with Gasteiger partial charge in [0.05, 0.1) is 11.1 Å². The van der Waals surface area contributed by atoms with Gasteiger partial charge in [0.15, 0.2) is 0 Å². The predicted octanol–water partition coefficient (Wildman–Crippen LogP) is 2.68. The summed E-state index contributed by atoms with van der Waals surface area (Å²) in [5.74, 6) is 1.87. The van der Waals surface area contributed by atoms with E-state index in [-0.39, 0.29) is 11.1 Å². The van der Waals surface area contributed by atoms with Gasteiger partial charge < -0.3 is 0 Å². The van der Waals surface area contributed by atoms with Crippen LogP contribution in [0.2, 0.25) is 0 Å². The van der Waals surface area contributed by atoms with Crippen LogP contribution in [0, 0.1) is 0 Å². The van der Waals surface area contributed by atoms with Crippen molar-refractivity contribution in [3.63, 3.8) is 0 Å². The van der Waals surface area contributed by atoms with Gasteiger partial charge in [-0.15, -0.1) is 0 Å². The lowest BCUT2D eigenvalue weighted by molar-refractivity contribution is 0.479. The third kappa shape index (κ3) is 2.51. The molecular formula is C13H20N4. The Labute approximate surface area is 103 Å². The molecule has 0 saturated heterocycles. The van der Waals surface area contributed by atoms with Gasteiger partial charge in [-0.2, -0.15) is 0 Å². The van der Waals surface area contributed by atoms with Gasteiger partial charge in [0.1, 0.15) is 11.7 Å². The van der Waals surface area contributed by atoms with Crippen molar-refractivity contribution in [2.24, 2.45) is 20.0 Å². The first-order valence-electron chi connectivity index (χ1n) is 6.26. The molecule has 0 spiro atoms. The van der Waals surface area contributed by atoms with E-state index in [4.69, 9.17) is 0 Å². The summed E-state index contributed by atoms with van der Waals surface area (Å²) in [5.41, 5.74) is -0.447. The van der Waals surface area contributed by atoms with Gasteiger partial charge in [0.2, 0.25) is 0 Å². The SMILES string of the molecule is CCC1=NC(C)(CC2(C)C=NC(CC)=N2)C=N1. The van der Waals surface area contributed by atoms with Crippen LogP contribution in [0.25, 0.3) is 0 Å². The third-order valence-corrected chi connectivity index (χ3v) is 3.10. The van der Waals surface area contributed by atoms with Gasteiger partial charge in [-0.1, -0.05) is 13.8 Å². The summed E-state index contributed by atoms with van der Waals surface area (Å²) in [6, 6.07) is 0. The van der Waals surface area contributed by atoms with E-state index < -0.39 is 0 Å². The zero-order valence-electron chi connectivity index (χ0n) is 11.1. The molecule has 0 aromatic heterocycles. The van der Waals surface area contributed by atoms with E-state index >= 15 is 0 Å². The summed E-state index contributed by atoms with van der Waals surface area (Å²) in [4.78, 5) is 18.0. The minimum atomic E-state index is -0.223. The Morgan fingerprint density at radius 3 is 1.59 bits per heavy atom. The number of hydrogen-bond donors (Lipinski definition) is 0. The second-order valence-corrected chi connectivity index (χ2v) is 5.17. The fraction of sp³-hybridized carbons (Fsp3) is 0.692. The fourth-order valence-electron chi connectivity index (χ4n) is 2.37. The quantitative estimate of drug-likeness (QED) is 0.715. The zero-order valence-corrected chi connectivity index (χ0v) is 11.1. The molecule has 2 heterocycles. The minimum absolute atomic E-state index is 0.223. The van der Waals surface area contributed by atoms with Crippen molar-refractivity contribution in [1.29, 1.82) is 0 Å². The molecule has 17 heavy (non-hydrogen) atoms. The largest absolute Gasteiger partial charge is 0.258 e. The average molecular weight is 232 g/mol. The highest BCUT2D eigenvalue weighted by Crippen LogP contribution is 2.30. The number of hydrogen-bond acceptors (Lipinski definition) is 4. The molecule has 4 heteroatoms. The molecule has 2 unspecified atom stereocenters. The maximum absolute atomic E-state index is 4.66. The van der Waals surface area contributed by atoms with Crippen LogP contribution in [0.1, 0.15) is 47.0 Å². The summed E-state index contributed by atoms with van der Waals surface area (Å²) in [7, 11) is 0. The molecule has 0 aliphatic carbocycles. The fourth-order valence-corrected chi connectivity index (χ4v) is 2.37. The van der Waals surface area contributed by atoms with E-state index in [1.165, 1.54) is 0 Å². The van der Waals surface area contributed by atoms with Crippen molar-refractivity contribution in [3.8, 4) is 0 Å². The van der Waals surface area contributed by atoms with Crippen LogP contribution in [0.15, 0.2) is 20.0 Å². The van der Waals surface area contributed by atoms with E-state index in [1.54, 1.807) is 0 Å². The lowest BCUT2D eigenvalue weighted by atomic mass is 9.87. The van der Waals surface area contributed by atoms with Crippen LogP contribution in [0.5, 0.6) is 0 Å². The van der Waals surface area contributed by atoms with Crippen molar-refractivity contribution < 1.29 is 0 Å². The maximum Gasteiger partial charge on any atom is 0.123 e. The molecule has 0 fully saturated rings. The van der Waals surface area contributed by atoms with Crippen LogP contribution in [-0.4, -0.2) is 35.2 Å². The number of amidine groups is 2. The number of rotatable bonds is 4. The molecule has 0 aromatic rings. The van der Waals surface area contributed by atoms with Crippen molar-refractivity contribution >= 4 is 24.1 Å². The molecule has 2 atom stereocenters. The van der Waals surface area contributed by atoms with Crippen LogP contribution >= 0.6 is 0 Å². The Bertz CT molecular complexity index is 393. The van der Waals surface area contributed by atoms with E-state index in [0.717, 1.165) is 30.9 Å². The normalized spacial score (nSPS) is 35.3. The molecule has 0 aromatic carbocycles. The topological polar surface area (TPSA) is 49.4 Å². The van der Waals surface area contributed by atoms with E-state index in [2.05, 4.69) is 47.7 Å². The standard InChI is InChI=1S/C13H20N4/c1-5-10-14-8-12(3,16-10)7-13(4)9-15-11(6-2)17-13/h8-9H,5-7H2,1-4H3.